The molecule has 0 radical (unpaired) electrons. The molecule has 110 valence electrons. The molecule has 1 aromatic carbocycles. The number of amides is 1. The number of rotatable bonds is 2. The number of benzene rings is 1. The maximum Gasteiger partial charge on any atom is 0.259 e. The summed E-state index contributed by atoms with van der Waals surface area (Å²) in [6.45, 7) is 4.77. The largest absolute Gasteiger partial charge is 0.486 e. The molecule has 2 aromatic rings. The highest BCUT2D eigenvalue weighted by Gasteiger charge is 2.18. The summed E-state index contributed by atoms with van der Waals surface area (Å²) in [6.07, 6.45) is 0. The molecule has 0 aliphatic carbocycles. The number of anilines is 1. The molecule has 1 N–H and O–H groups in total. The summed E-state index contributed by atoms with van der Waals surface area (Å²) in [5, 5.41) is 7.13. The third-order valence-corrected chi connectivity index (χ3v) is 3.54. The van der Waals surface area contributed by atoms with Gasteiger partial charge in [-0.15, -0.1) is 0 Å². The molecule has 0 bridgehead atoms. The van der Waals surface area contributed by atoms with Gasteiger partial charge in [-0.25, -0.2) is 0 Å². The molecule has 6 nitrogen and oxygen atoms in total. The van der Waals surface area contributed by atoms with Gasteiger partial charge >= 0.3 is 0 Å². The van der Waals surface area contributed by atoms with Gasteiger partial charge in [0, 0.05) is 24.5 Å². The quantitative estimate of drug-likeness (QED) is 0.918. The lowest BCUT2D eigenvalue weighted by molar-refractivity contribution is 0.102. The number of hydrogen-bond donors (Lipinski definition) is 1. The molecule has 6 heteroatoms. The Balaban J connectivity index is 1.84. The van der Waals surface area contributed by atoms with Crippen LogP contribution < -0.4 is 14.8 Å². The Bertz CT molecular complexity index is 706. The van der Waals surface area contributed by atoms with Crippen LogP contribution in [0.4, 0.5) is 5.69 Å². The summed E-state index contributed by atoms with van der Waals surface area (Å²) in [5.74, 6) is 1.18. The van der Waals surface area contributed by atoms with E-state index in [4.69, 9.17) is 9.47 Å². The maximum absolute atomic E-state index is 12.4. The van der Waals surface area contributed by atoms with Gasteiger partial charge < -0.3 is 14.8 Å². The van der Waals surface area contributed by atoms with Gasteiger partial charge in [0.2, 0.25) is 0 Å². The summed E-state index contributed by atoms with van der Waals surface area (Å²) >= 11 is 0. The van der Waals surface area contributed by atoms with Gasteiger partial charge in [0.15, 0.2) is 11.5 Å². The second-order valence-electron chi connectivity index (χ2n) is 4.98. The van der Waals surface area contributed by atoms with Gasteiger partial charge in [0.1, 0.15) is 13.2 Å². The number of ether oxygens (including phenoxy) is 2. The van der Waals surface area contributed by atoms with E-state index in [0.717, 1.165) is 5.69 Å². The van der Waals surface area contributed by atoms with Gasteiger partial charge in [0.05, 0.1) is 11.3 Å². The van der Waals surface area contributed by atoms with Crippen LogP contribution in [0.5, 0.6) is 11.5 Å². The maximum atomic E-state index is 12.4. The molecule has 1 aliphatic rings. The van der Waals surface area contributed by atoms with Crippen molar-refractivity contribution in [2.45, 2.75) is 13.8 Å². The first-order valence-corrected chi connectivity index (χ1v) is 6.77. The van der Waals surface area contributed by atoms with Crippen LogP contribution in [-0.4, -0.2) is 28.9 Å². The Morgan fingerprint density at radius 2 is 1.95 bits per heavy atom. The van der Waals surface area contributed by atoms with Gasteiger partial charge in [0.25, 0.3) is 5.91 Å². The monoisotopic (exact) mass is 287 g/mol. The van der Waals surface area contributed by atoms with Gasteiger partial charge in [-0.05, 0) is 26.0 Å². The molecule has 21 heavy (non-hydrogen) atoms. The van der Waals surface area contributed by atoms with Crippen LogP contribution >= 0.6 is 0 Å². The van der Waals surface area contributed by atoms with E-state index in [-0.39, 0.29) is 5.91 Å². The van der Waals surface area contributed by atoms with Crippen molar-refractivity contribution in [2.24, 2.45) is 7.05 Å². The van der Waals surface area contributed by atoms with E-state index in [9.17, 15) is 4.79 Å². The smallest absolute Gasteiger partial charge is 0.259 e. The van der Waals surface area contributed by atoms with Crippen molar-refractivity contribution in [3.63, 3.8) is 0 Å². The Hall–Kier alpha value is -2.50. The fraction of sp³-hybridized carbons (Fsp3) is 0.333. The minimum Gasteiger partial charge on any atom is -0.486 e. The third-order valence-electron chi connectivity index (χ3n) is 3.54. The van der Waals surface area contributed by atoms with Crippen molar-refractivity contribution in [3.05, 3.63) is 35.2 Å². The summed E-state index contributed by atoms with van der Waals surface area (Å²) in [5.41, 5.74) is 2.83. The first-order chi connectivity index (χ1) is 10.1. The topological polar surface area (TPSA) is 65.4 Å². The zero-order valence-electron chi connectivity index (χ0n) is 12.3. The van der Waals surface area contributed by atoms with Crippen LogP contribution in [0.3, 0.4) is 0 Å². The lowest BCUT2D eigenvalue weighted by Gasteiger charge is -2.19. The van der Waals surface area contributed by atoms with Gasteiger partial charge in [-0.2, -0.15) is 5.10 Å². The number of hydrogen-bond acceptors (Lipinski definition) is 4. The highest BCUT2D eigenvalue weighted by atomic mass is 16.6. The average Bonchev–Trinajstić information content (AvgIpc) is 2.72. The molecular formula is C15H17N3O3. The van der Waals surface area contributed by atoms with Crippen molar-refractivity contribution < 1.29 is 14.3 Å². The first-order valence-electron chi connectivity index (χ1n) is 6.77. The fourth-order valence-electron chi connectivity index (χ4n) is 2.42. The molecule has 0 saturated carbocycles. The highest BCUT2D eigenvalue weighted by molar-refractivity contribution is 6.06. The fourth-order valence-corrected chi connectivity index (χ4v) is 2.42. The van der Waals surface area contributed by atoms with Gasteiger partial charge in [-0.1, -0.05) is 0 Å². The number of nitrogens with zero attached hydrogens (tertiary/aromatic N) is 2. The molecule has 0 unspecified atom stereocenters. The second kappa shape index (κ2) is 5.12. The van der Waals surface area contributed by atoms with Crippen molar-refractivity contribution in [3.8, 4) is 11.5 Å². The molecular weight excluding hydrogens is 270 g/mol. The van der Waals surface area contributed by atoms with Crippen LogP contribution in [-0.2, 0) is 7.05 Å². The van der Waals surface area contributed by atoms with Crippen LogP contribution in [0.2, 0.25) is 0 Å². The number of carbonyl (C=O) groups is 1. The zero-order valence-corrected chi connectivity index (χ0v) is 12.3. The SMILES string of the molecule is Cc1nn(C)c(C)c1C(=O)Nc1ccc2c(c1)OCCO2. The number of aryl methyl sites for hydroxylation is 2. The summed E-state index contributed by atoms with van der Waals surface area (Å²) in [7, 11) is 1.82. The zero-order chi connectivity index (χ0) is 15.0. The van der Waals surface area contributed by atoms with Crippen LogP contribution in [0, 0.1) is 13.8 Å². The Morgan fingerprint density at radius 1 is 1.24 bits per heavy atom. The lowest BCUT2D eigenvalue weighted by Crippen LogP contribution is -2.17. The van der Waals surface area contributed by atoms with Crippen molar-refractivity contribution in [2.75, 3.05) is 18.5 Å². The Kier molecular flexibility index (Phi) is 3.29. The Labute approximate surface area is 122 Å². The summed E-state index contributed by atoms with van der Waals surface area (Å²) < 4.78 is 12.7. The number of nitrogens with one attached hydrogen (secondary N) is 1. The van der Waals surface area contributed by atoms with E-state index >= 15 is 0 Å². The van der Waals surface area contributed by atoms with Crippen molar-refractivity contribution in [1.82, 2.24) is 9.78 Å². The predicted octanol–water partition coefficient (Wildman–Crippen LogP) is 2.06. The average molecular weight is 287 g/mol. The van der Waals surface area contributed by atoms with Crippen molar-refractivity contribution in [1.29, 1.82) is 0 Å². The van der Waals surface area contributed by atoms with E-state index < -0.39 is 0 Å². The molecule has 0 atom stereocenters. The Morgan fingerprint density at radius 3 is 2.62 bits per heavy atom. The molecule has 0 saturated heterocycles. The molecule has 1 aliphatic heterocycles. The van der Waals surface area contributed by atoms with Crippen LogP contribution in [0.25, 0.3) is 0 Å². The van der Waals surface area contributed by atoms with Crippen LogP contribution in [0.15, 0.2) is 18.2 Å². The standard InChI is InChI=1S/C15H17N3O3/c1-9-14(10(2)18(3)17-9)15(19)16-11-4-5-12-13(8-11)21-7-6-20-12/h4-5,8H,6-7H2,1-3H3,(H,16,19). The molecule has 1 aromatic heterocycles. The number of aromatic nitrogens is 2. The van der Waals surface area contributed by atoms with Gasteiger partial charge in [-0.3, -0.25) is 9.48 Å². The van der Waals surface area contributed by atoms with E-state index in [2.05, 4.69) is 10.4 Å². The molecule has 2 heterocycles. The lowest BCUT2D eigenvalue weighted by atomic mass is 10.1. The van der Waals surface area contributed by atoms with E-state index in [1.54, 1.807) is 22.9 Å². The number of fused-ring (bicyclic) bond motifs is 1. The van der Waals surface area contributed by atoms with E-state index in [1.807, 2.05) is 20.9 Å². The first kappa shape index (κ1) is 13.5. The predicted molar refractivity (Wildman–Crippen MR) is 78.1 cm³/mol. The summed E-state index contributed by atoms with van der Waals surface area (Å²) in [6, 6.07) is 5.37. The molecule has 0 fully saturated rings. The minimum atomic E-state index is -0.172. The molecule has 0 spiro atoms. The second-order valence-corrected chi connectivity index (χ2v) is 4.98. The minimum absolute atomic E-state index is 0.172. The molecule has 1 amide bonds. The van der Waals surface area contributed by atoms with Crippen molar-refractivity contribution >= 4 is 11.6 Å². The third kappa shape index (κ3) is 2.44. The highest BCUT2D eigenvalue weighted by Crippen LogP contribution is 2.32. The summed E-state index contributed by atoms with van der Waals surface area (Å²) in [4.78, 5) is 12.4. The number of carbonyl (C=O) groups excluding carboxylic acids is 1. The van der Waals surface area contributed by atoms with E-state index in [1.165, 1.54) is 0 Å². The molecule has 3 rings (SSSR count). The normalized spacial score (nSPS) is 13.1. The van der Waals surface area contributed by atoms with E-state index in [0.29, 0.717) is 41.7 Å². The van der Waals surface area contributed by atoms with Crippen LogP contribution in [0.1, 0.15) is 21.7 Å².